The van der Waals surface area contributed by atoms with E-state index in [9.17, 15) is 5.11 Å². The molecule has 2 unspecified atom stereocenters. The minimum Gasteiger partial charge on any atom is -0.390 e. The van der Waals surface area contributed by atoms with Gasteiger partial charge in [-0.25, -0.2) is 0 Å². The molecule has 1 saturated carbocycles. The van der Waals surface area contributed by atoms with Crippen molar-refractivity contribution in [3.05, 3.63) is 34.3 Å². The van der Waals surface area contributed by atoms with Crippen LogP contribution in [0.3, 0.4) is 0 Å². The first kappa shape index (κ1) is 11.2. The molecule has 0 aliphatic heterocycles. The normalized spacial score (nSPS) is 30.7. The number of hydrogen-bond acceptors (Lipinski definition) is 1. The third-order valence-electron chi connectivity index (χ3n) is 3.25. The van der Waals surface area contributed by atoms with Crippen LogP contribution in [0.15, 0.2) is 28.7 Å². The van der Waals surface area contributed by atoms with Gasteiger partial charge in [0.25, 0.3) is 0 Å². The molecule has 2 heteroatoms. The summed E-state index contributed by atoms with van der Waals surface area (Å²) in [4.78, 5) is 0. The van der Waals surface area contributed by atoms with E-state index in [-0.39, 0.29) is 0 Å². The van der Waals surface area contributed by atoms with Crippen molar-refractivity contribution >= 4 is 15.9 Å². The summed E-state index contributed by atoms with van der Waals surface area (Å²) >= 11 is 3.46. The van der Waals surface area contributed by atoms with E-state index in [1.54, 1.807) is 0 Å². The lowest BCUT2D eigenvalue weighted by Gasteiger charge is -2.22. The van der Waals surface area contributed by atoms with E-state index in [4.69, 9.17) is 0 Å². The lowest BCUT2D eigenvalue weighted by Crippen LogP contribution is -2.27. The molecule has 0 heterocycles. The van der Waals surface area contributed by atoms with Crippen molar-refractivity contribution in [3.8, 4) is 0 Å². The molecule has 1 N–H and O–H groups in total. The van der Waals surface area contributed by atoms with Gasteiger partial charge in [0.1, 0.15) is 0 Å². The summed E-state index contributed by atoms with van der Waals surface area (Å²) < 4.78 is 1.09. The second-order valence-corrected chi connectivity index (χ2v) is 5.79. The summed E-state index contributed by atoms with van der Waals surface area (Å²) in [5.74, 6) is 0.669. The zero-order valence-electron chi connectivity index (χ0n) is 9.04. The highest BCUT2D eigenvalue weighted by molar-refractivity contribution is 9.10. The fourth-order valence-corrected chi connectivity index (χ4v) is 3.00. The lowest BCUT2D eigenvalue weighted by molar-refractivity contribution is 0.0446. The summed E-state index contributed by atoms with van der Waals surface area (Å²) in [6, 6.07) is 8.23. The number of rotatable bonds is 2. The van der Waals surface area contributed by atoms with Gasteiger partial charge in [-0.3, -0.25) is 0 Å². The van der Waals surface area contributed by atoms with Gasteiger partial charge in [0.15, 0.2) is 0 Å². The summed E-state index contributed by atoms with van der Waals surface area (Å²) in [5, 5.41) is 10.4. The Labute approximate surface area is 99.6 Å². The Bertz CT molecular complexity index is 350. The van der Waals surface area contributed by atoms with Gasteiger partial charge in [-0.1, -0.05) is 35.0 Å². The fourth-order valence-electron chi connectivity index (χ4n) is 2.56. The van der Waals surface area contributed by atoms with Gasteiger partial charge in [0.2, 0.25) is 0 Å². The standard InChI is InChI=1S/C13H17BrO/c1-10-5-6-13(15,8-10)9-11-3-2-4-12(14)7-11/h2-4,7,10,15H,5-6,8-9H2,1H3. The summed E-state index contributed by atoms with van der Waals surface area (Å²) in [6.45, 7) is 2.22. The average molecular weight is 269 g/mol. The number of aliphatic hydroxyl groups is 1. The van der Waals surface area contributed by atoms with Gasteiger partial charge < -0.3 is 5.11 Å². The van der Waals surface area contributed by atoms with Crippen molar-refractivity contribution in [2.75, 3.05) is 0 Å². The van der Waals surface area contributed by atoms with Crippen LogP contribution in [-0.4, -0.2) is 10.7 Å². The quantitative estimate of drug-likeness (QED) is 0.870. The first-order valence-corrected chi connectivity index (χ1v) is 6.34. The van der Waals surface area contributed by atoms with Crippen molar-refractivity contribution in [1.29, 1.82) is 0 Å². The molecule has 2 atom stereocenters. The van der Waals surface area contributed by atoms with E-state index in [1.807, 2.05) is 12.1 Å². The minimum absolute atomic E-state index is 0.458. The second kappa shape index (κ2) is 4.26. The van der Waals surface area contributed by atoms with Gasteiger partial charge in [0, 0.05) is 10.9 Å². The van der Waals surface area contributed by atoms with E-state index in [1.165, 1.54) is 5.56 Å². The first-order valence-electron chi connectivity index (χ1n) is 5.54. The second-order valence-electron chi connectivity index (χ2n) is 4.88. The van der Waals surface area contributed by atoms with Crippen LogP contribution in [0.25, 0.3) is 0 Å². The van der Waals surface area contributed by atoms with Gasteiger partial charge in [-0.15, -0.1) is 0 Å². The maximum absolute atomic E-state index is 10.4. The maximum atomic E-state index is 10.4. The van der Waals surface area contributed by atoms with Crippen LogP contribution in [0, 0.1) is 5.92 Å². The van der Waals surface area contributed by atoms with Crippen molar-refractivity contribution in [2.45, 2.75) is 38.2 Å². The van der Waals surface area contributed by atoms with E-state index in [0.29, 0.717) is 5.92 Å². The third kappa shape index (κ3) is 2.82. The van der Waals surface area contributed by atoms with Crippen LogP contribution in [0.5, 0.6) is 0 Å². The Morgan fingerprint density at radius 2 is 2.33 bits per heavy atom. The largest absolute Gasteiger partial charge is 0.390 e. The molecule has 1 aromatic rings. The van der Waals surface area contributed by atoms with Crippen LogP contribution in [0.4, 0.5) is 0 Å². The van der Waals surface area contributed by atoms with Crippen LogP contribution < -0.4 is 0 Å². The SMILES string of the molecule is CC1CCC(O)(Cc2cccc(Br)c2)C1. The highest BCUT2D eigenvalue weighted by Gasteiger charge is 2.35. The minimum atomic E-state index is -0.458. The number of hydrogen-bond donors (Lipinski definition) is 1. The fraction of sp³-hybridized carbons (Fsp3) is 0.538. The molecular weight excluding hydrogens is 252 g/mol. The molecule has 0 spiro atoms. The maximum Gasteiger partial charge on any atom is 0.0690 e. The van der Waals surface area contributed by atoms with Crippen molar-refractivity contribution in [2.24, 2.45) is 5.92 Å². The Hall–Kier alpha value is -0.340. The molecule has 0 aromatic heterocycles. The van der Waals surface area contributed by atoms with Crippen LogP contribution >= 0.6 is 15.9 Å². The molecule has 0 bridgehead atoms. The highest BCUT2D eigenvalue weighted by atomic mass is 79.9. The Kier molecular flexibility index (Phi) is 3.17. The van der Waals surface area contributed by atoms with Crippen molar-refractivity contribution in [3.63, 3.8) is 0 Å². The summed E-state index contributed by atoms with van der Waals surface area (Å²) in [5.41, 5.74) is 0.765. The van der Waals surface area contributed by atoms with Gasteiger partial charge in [-0.05, 0) is 42.9 Å². The molecule has 1 fully saturated rings. The molecular formula is C13H17BrO. The Morgan fingerprint density at radius 3 is 2.93 bits per heavy atom. The number of halogens is 1. The monoisotopic (exact) mass is 268 g/mol. The van der Waals surface area contributed by atoms with Crippen molar-refractivity contribution < 1.29 is 5.11 Å². The molecule has 0 radical (unpaired) electrons. The molecule has 15 heavy (non-hydrogen) atoms. The van der Waals surface area contributed by atoms with Gasteiger partial charge in [-0.2, -0.15) is 0 Å². The molecule has 0 amide bonds. The van der Waals surface area contributed by atoms with Gasteiger partial charge in [0.05, 0.1) is 5.60 Å². The van der Waals surface area contributed by atoms with Crippen LogP contribution in [0.1, 0.15) is 31.7 Å². The van der Waals surface area contributed by atoms with Crippen molar-refractivity contribution in [1.82, 2.24) is 0 Å². The zero-order chi connectivity index (χ0) is 10.9. The van der Waals surface area contributed by atoms with E-state index < -0.39 is 5.60 Å². The molecule has 1 aromatic carbocycles. The number of benzene rings is 1. The van der Waals surface area contributed by atoms with Crippen LogP contribution in [-0.2, 0) is 6.42 Å². The highest BCUT2D eigenvalue weighted by Crippen LogP contribution is 2.36. The Balaban J connectivity index is 2.08. The van der Waals surface area contributed by atoms with Gasteiger partial charge >= 0.3 is 0 Å². The molecule has 1 aliphatic carbocycles. The van der Waals surface area contributed by atoms with Crippen LogP contribution in [0.2, 0.25) is 0 Å². The summed E-state index contributed by atoms with van der Waals surface area (Å²) in [7, 11) is 0. The van der Waals surface area contributed by atoms with E-state index in [2.05, 4.69) is 35.0 Å². The predicted octanol–water partition coefficient (Wildman–Crippen LogP) is 3.54. The summed E-state index contributed by atoms with van der Waals surface area (Å²) in [6.07, 6.45) is 3.83. The molecule has 82 valence electrons. The topological polar surface area (TPSA) is 20.2 Å². The first-order chi connectivity index (χ1) is 7.07. The van der Waals surface area contributed by atoms with E-state index in [0.717, 1.165) is 30.2 Å². The third-order valence-corrected chi connectivity index (χ3v) is 3.75. The molecule has 1 nitrogen and oxygen atoms in total. The van der Waals surface area contributed by atoms with E-state index >= 15 is 0 Å². The molecule has 2 rings (SSSR count). The molecule has 0 saturated heterocycles. The lowest BCUT2D eigenvalue weighted by atomic mass is 9.92. The smallest absolute Gasteiger partial charge is 0.0690 e. The average Bonchev–Trinajstić information content (AvgIpc) is 2.45. The predicted molar refractivity (Wildman–Crippen MR) is 65.8 cm³/mol. The zero-order valence-corrected chi connectivity index (χ0v) is 10.6. The Morgan fingerprint density at radius 1 is 1.53 bits per heavy atom. The molecule has 1 aliphatic rings.